The van der Waals surface area contributed by atoms with Crippen molar-refractivity contribution in [1.82, 2.24) is 15.0 Å². The number of ether oxygens (including phenoxy) is 1. The van der Waals surface area contributed by atoms with E-state index >= 15 is 0 Å². The summed E-state index contributed by atoms with van der Waals surface area (Å²) in [7, 11) is -3.73. The number of nitrogens with one attached hydrogen (secondary N) is 2. The fourth-order valence-electron chi connectivity index (χ4n) is 2.61. The van der Waals surface area contributed by atoms with Crippen LogP contribution in [-0.4, -0.2) is 38.1 Å². The molecular formula is C19H20F3N3O4S. The van der Waals surface area contributed by atoms with Crippen LogP contribution in [0.5, 0.6) is 5.88 Å². The Morgan fingerprint density at radius 3 is 2.67 bits per heavy atom. The average Bonchev–Trinajstić information content (AvgIpc) is 3.48. The molecule has 1 aliphatic carbocycles. The predicted molar refractivity (Wildman–Crippen MR) is 101 cm³/mol. The van der Waals surface area contributed by atoms with E-state index in [1.807, 2.05) is 0 Å². The Balaban J connectivity index is 1.72. The highest BCUT2D eigenvalue weighted by Gasteiger charge is 2.30. The molecule has 3 rings (SSSR count). The van der Waals surface area contributed by atoms with E-state index in [9.17, 15) is 26.4 Å². The summed E-state index contributed by atoms with van der Waals surface area (Å²) in [5.41, 5.74) is 0.958. The van der Waals surface area contributed by atoms with Crippen molar-refractivity contribution in [2.75, 3.05) is 6.61 Å². The van der Waals surface area contributed by atoms with Crippen molar-refractivity contribution in [3.8, 4) is 5.88 Å². The van der Waals surface area contributed by atoms with E-state index in [0.717, 1.165) is 12.8 Å². The van der Waals surface area contributed by atoms with E-state index in [1.165, 1.54) is 36.5 Å². The van der Waals surface area contributed by atoms with Crippen LogP contribution in [0.2, 0.25) is 0 Å². The maximum Gasteiger partial charge on any atom is 0.422 e. The molecule has 11 heteroatoms. The highest BCUT2D eigenvalue weighted by Crippen LogP contribution is 2.24. The van der Waals surface area contributed by atoms with Crippen molar-refractivity contribution < 1.29 is 31.1 Å². The van der Waals surface area contributed by atoms with Crippen molar-refractivity contribution in [3.05, 3.63) is 53.2 Å². The van der Waals surface area contributed by atoms with Crippen molar-refractivity contribution >= 4 is 15.9 Å². The van der Waals surface area contributed by atoms with Crippen LogP contribution in [0.3, 0.4) is 0 Å². The zero-order valence-electron chi connectivity index (χ0n) is 16.0. The summed E-state index contributed by atoms with van der Waals surface area (Å²) in [6, 6.07) is 7.13. The van der Waals surface area contributed by atoms with Gasteiger partial charge in [-0.1, -0.05) is 12.1 Å². The van der Waals surface area contributed by atoms with Crippen LogP contribution < -0.4 is 14.8 Å². The summed E-state index contributed by atoms with van der Waals surface area (Å²) < 4.78 is 69.2. The van der Waals surface area contributed by atoms with Gasteiger partial charge >= 0.3 is 6.18 Å². The monoisotopic (exact) mass is 443 g/mol. The summed E-state index contributed by atoms with van der Waals surface area (Å²) in [6.07, 6.45) is -1.68. The van der Waals surface area contributed by atoms with Crippen molar-refractivity contribution in [1.29, 1.82) is 0 Å². The highest BCUT2D eigenvalue weighted by atomic mass is 32.2. The molecule has 0 spiro atoms. The molecule has 0 bridgehead atoms. The SMILES string of the molecule is Cc1ccc(S(=O)(=O)NC2CC2)cc1C(=O)NCc1cccnc1OCC(F)(F)F. The van der Waals surface area contributed by atoms with Crippen LogP contribution in [0.4, 0.5) is 13.2 Å². The first-order valence-corrected chi connectivity index (χ1v) is 10.6. The molecule has 0 saturated heterocycles. The lowest BCUT2D eigenvalue weighted by atomic mass is 10.1. The van der Waals surface area contributed by atoms with Crippen LogP contribution in [0.1, 0.15) is 34.3 Å². The zero-order valence-corrected chi connectivity index (χ0v) is 16.8. The van der Waals surface area contributed by atoms with Crippen LogP contribution in [-0.2, 0) is 16.6 Å². The number of carbonyl (C=O) groups excluding carboxylic acids is 1. The molecule has 7 nitrogen and oxygen atoms in total. The summed E-state index contributed by atoms with van der Waals surface area (Å²) in [4.78, 5) is 16.4. The quantitative estimate of drug-likeness (QED) is 0.654. The van der Waals surface area contributed by atoms with Crippen molar-refractivity contribution in [3.63, 3.8) is 0 Å². The summed E-state index contributed by atoms with van der Waals surface area (Å²) in [5.74, 6) is -0.807. The standard InChI is InChI=1S/C19H20F3N3O4S/c1-12-4-7-15(30(27,28)25-14-5-6-14)9-16(12)17(26)24-10-13-3-2-8-23-18(13)29-11-19(20,21)22/h2-4,7-9,14,25H,5-6,10-11H2,1H3,(H,24,26). The van der Waals surface area contributed by atoms with Gasteiger partial charge in [-0.2, -0.15) is 13.2 Å². The minimum atomic E-state index is -4.52. The van der Waals surface area contributed by atoms with Gasteiger partial charge in [-0.3, -0.25) is 4.79 Å². The first kappa shape index (κ1) is 22.0. The predicted octanol–water partition coefficient (Wildman–Crippen LogP) is 2.70. The van der Waals surface area contributed by atoms with Gasteiger partial charge in [0.1, 0.15) is 0 Å². The van der Waals surface area contributed by atoms with Gasteiger partial charge in [-0.15, -0.1) is 0 Å². The van der Waals surface area contributed by atoms with Crippen LogP contribution in [0.15, 0.2) is 41.4 Å². The summed E-state index contributed by atoms with van der Waals surface area (Å²) in [6.45, 7) is 0.0101. The number of hydrogen-bond donors (Lipinski definition) is 2. The molecule has 0 aliphatic heterocycles. The third-order valence-electron chi connectivity index (χ3n) is 4.33. The van der Waals surface area contributed by atoms with Crippen LogP contribution in [0, 0.1) is 6.92 Å². The maximum atomic E-state index is 12.6. The van der Waals surface area contributed by atoms with Gasteiger partial charge in [0.2, 0.25) is 15.9 Å². The fraction of sp³-hybridized carbons (Fsp3) is 0.368. The summed E-state index contributed by atoms with van der Waals surface area (Å²) >= 11 is 0. The second-order valence-corrected chi connectivity index (χ2v) is 8.64. The average molecular weight is 443 g/mol. The number of amides is 1. The molecule has 1 fully saturated rings. The van der Waals surface area contributed by atoms with Gasteiger partial charge in [-0.25, -0.2) is 18.1 Å². The Hall–Kier alpha value is -2.66. The molecular weight excluding hydrogens is 423 g/mol. The molecule has 0 unspecified atom stereocenters. The van der Waals surface area contributed by atoms with E-state index in [4.69, 9.17) is 4.74 Å². The Morgan fingerprint density at radius 2 is 2.00 bits per heavy atom. The smallest absolute Gasteiger partial charge is 0.422 e. The Morgan fingerprint density at radius 1 is 1.27 bits per heavy atom. The van der Waals surface area contributed by atoms with Gasteiger partial charge in [0.25, 0.3) is 5.91 Å². The minimum Gasteiger partial charge on any atom is -0.468 e. The lowest BCUT2D eigenvalue weighted by molar-refractivity contribution is -0.154. The molecule has 162 valence electrons. The van der Waals surface area contributed by atoms with E-state index in [0.29, 0.717) is 5.56 Å². The maximum absolute atomic E-state index is 12.6. The fourth-order valence-corrected chi connectivity index (χ4v) is 3.94. The molecule has 0 radical (unpaired) electrons. The molecule has 1 aromatic carbocycles. The molecule has 1 aliphatic rings. The lowest BCUT2D eigenvalue weighted by Gasteiger charge is -2.13. The number of alkyl halides is 3. The summed E-state index contributed by atoms with van der Waals surface area (Å²) in [5, 5.41) is 2.57. The molecule has 0 atom stereocenters. The molecule has 1 aromatic heterocycles. The van der Waals surface area contributed by atoms with E-state index < -0.39 is 28.7 Å². The Kier molecular flexibility index (Phi) is 6.32. The van der Waals surface area contributed by atoms with Crippen LogP contribution >= 0.6 is 0 Å². The van der Waals surface area contributed by atoms with Crippen molar-refractivity contribution in [2.24, 2.45) is 0 Å². The number of nitrogens with zero attached hydrogens (tertiary/aromatic N) is 1. The number of hydrogen-bond acceptors (Lipinski definition) is 5. The number of halogens is 3. The number of carbonyl (C=O) groups is 1. The largest absolute Gasteiger partial charge is 0.468 e. The van der Waals surface area contributed by atoms with E-state index in [2.05, 4.69) is 15.0 Å². The molecule has 2 N–H and O–H groups in total. The van der Waals surface area contributed by atoms with Gasteiger partial charge in [-0.05, 0) is 43.5 Å². The second kappa shape index (κ2) is 8.60. The topological polar surface area (TPSA) is 97.4 Å². The number of rotatable bonds is 8. The first-order valence-electron chi connectivity index (χ1n) is 9.10. The van der Waals surface area contributed by atoms with E-state index in [-0.39, 0.29) is 34.5 Å². The minimum absolute atomic E-state index is 0.0271. The number of pyridine rings is 1. The number of sulfonamides is 1. The third kappa shape index (κ3) is 5.92. The highest BCUT2D eigenvalue weighted by molar-refractivity contribution is 7.89. The molecule has 1 amide bonds. The Bertz CT molecular complexity index is 1040. The van der Waals surface area contributed by atoms with Gasteiger partial charge in [0.15, 0.2) is 6.61 Å². The number of aryl methyl sites for hydroxylation is 1. The lowest BCUT2D eigenvalue weighted by Crippen LogP contribution is -2.27. The zero-order chi connectivity index (χ0) is 21.9. The van der Waals surface area contributed by atoms with E-state index in [1.54, 1.807) is 6.92 Å². The number of benzene rings is 1. The second-order valence-electron chi connectivity index (χ2n) is 6.93. The van der Waals surface area contributed by atoms with Crippen LogP contribution in [0.25, 0.3) is 0 Å². The molecule has 2 aromatic rings. The molecule has 1 saturated carbocycles. The first-order chi connectivity index (χ1) is 14.0. The molecule has 1 heterocycles. The van der Waals surface area contributed by atoms with Gasteiger partial charge in [0.05, 0.1) is 4.90 Å². The van der Waals surface area contributed by atoms with Gasteiger partial charge in [0, 0.05) is 29.9 Å². The Labute approximate surface area is 171 Å². The molecule has 30 heavy (non-hydrogen) atoms. The van der Waals surface area contributed by atoms with Gasteiger partial charge < -0.3 is 10.1 Å². The normalized spacial score (nSPS) is 14.4. The van der Waals surface area contributed by atoms with Crippen molar-refractivity contribution in [2.45, 2.75) is 43.4 Å². The third-order valence-corrected chi connectivity index (χ3v) is 5.84. The number of aromatic nitrogens is 1.